The number of benzene rings is 1. The van der Waals surface area contributed by atoms with Gasteiger partial charge in [0.05, 0.1) is 6.61 Å². The summed E-state index contributed by atoms with van der Waals surface area (Å²) in [6, 6.07) is 6.43. The minimum atomic E-state index is 0.274. The lowest BCUT2D eigenvalue weighted by molar-refractivity contribution is 0.160. The molecule has 0 bridgehead atoms. The maximum absolute atomic E-state index is 5.94. The van der Waals surface area contributed by atoms with Gasteiger partial charge >= 0.3 is 0 Å². The molecule has 4 nitrogen and oxygen atoms in total. The molecular formula is C16H26N2O2. The summed E-state index contributed by atoms with van der Waals surface area (Å²) in [6.45, 7) is 6.81. The first-order valence-corrected chi connectivity index (χ1v) is 7.33. The van der Waals surface area contributed by atoms with Crippen LogP contribution in [0.1, 0.15) is 11.1 Å². The zero-order chi connectivity index (χ0) is 14.4. The lowest BCUT2D eigenvalue weighted by Gasteiger charge is -2.17. The van der Waals surface area contributed by atoms with Gasteiger partial charge in [-0.1, -0.05) is 17.7 Å². The average molecular weight is 278 g/mol. The van der Waals surface area contributed by atoms with Crippen LogP contribution in [0.4, 0.5) is 0 Å². The summed E-state index contributed by atoms with van der Waals surface area (Å²) in [6.07, 6.45) is 1.29. The molecule has 1 unspecified atom stereocenters. The third-order valence-corrected chi connectivity index (χ3v) is 3.68. The number of nitrogens with zero attached hydrogens (tertiary/aromatic N) is 1. The van der Waals surface area contributed by atoms with Crippen molar-refractivity contribution >= 4 is 0 Å². The number of hydrogen-bond acceptors (Lipinski definition) is 4. The van der Waals surface area contributed by atoms with Gasteiger partial charge in [0.1, 0.15) is 11.9 Å². The van der Waals surface area contributed by atoms with Crippen LogP contribution in [0.2, 0.25) is 0 Å². The van der Waals surface area contributed by atoms with Crippen LogP contribution in [0.3, 0.4) is 0 Å². The highest BCUT2D eigenvalue weighted by molar-refractivity contribution is 5.40. The molecule has 1 aromatic rings. The number of fused-ring (bicyclic) bond motifs is 1. The topological polar surface area (TPSA) is 33.7 Å². The molecule has 112 valence electrons. The van der Waals surface area contributed by atoms with E-state index in [0.29, 0.717) is 0 Å². The van der Waals surface area contributed by atoms with Crippen molar-refractivity contribution in [1.29, 1.82) is 0 Å². The standard InChI is InChI=1S/C16H26N2O2/c1-13-4-5-16-14(10-13)11-15(20-16)12-17-6-7-18(2)8-9-19-3/h4-5,10,15,17H,6-9,11-12H2,1-3H3. The highest BCUT2D eigenvalue weighted by Crippen LogP contribution is 2.29. The van der Waals surface area contributed by atoms with Crippen LogP contribution in [-0.4, -0.2) is 57.9 Å². The zero-order valence-corrected chi connectivity index (χ0v) is 12.8. The second kappa shape index (κ2) is 7.62. The molecular weight excluding hydrogens is 252 g/mol. The van der Waals surface area contributed by atoms with E-state index in [9.17, 15) is 0 Å². The number of likely N-dealkylation sites (N-methyl/N-ethyl adjacent to an activating group) is 1. The Hall–Kier alpha value is -1.10. The summed E-state index contributed by atoms with van der Waals surface area (Å²) in [5, 5.41) is 3.48. The van der Waals surface area contributed by atoms with Crippen molar-refractivity contribution in [3.05, 3.63) is 29.3 Å². The summed E-state index contributed by atoms with van der Waals surface area (Å²) in [5.41, 5.74) is 2.65. The highest BCUT2D eigenvalue weighted by atomic mass is 16.5. The highest BCUT2D eigenvalue weighted by Gasteiger charge is 2.22. The Morgan fingerprint density at radius 3 is 3.05 bits per heavy atom. The predicted octanol–water partition coefficient (Wildman–Crippen LogP) is 1.47. The average Bonchev–Trinajstić information content (AvgIpc) is 2.83. The largest absolute Gasteiger partial charge is 0.488 e. The van der Waals surface area contributed by atoms with Gasteiger partial charge in [0.2, 0.25) is 0 Å². The summed E-state index contributed by atoms with van der Waals surface area (Å²) >= 11 is 0. The van der Waals surface area contributed by atoms with Crippen molar-refractivity contribution in [2.45, 2.75) is 19.4 Å². The lowest BCUT2D eigenvalue weighted by atomic mass is 10.1. The van der Waals surface area contributed by atoms with Gasteiger partial charge in [-0.25, -0.2) is 0 Å². The molecule has 0 spiro atoms. The molecule has 0 fully saturated rings. The van der Waals surface area contributed by atoms with Crippen LogP contribution >= 0.6 is 0 Å². The Bertz CT molecular complexity index is 423. The summed E-state index contributed by atoms with van der Waals surface area (Å²) in [5.74, 6) is 1.06. The van der Waals surface area contributed by atoms with Gasteiger partial charge in [0.25, 0.3) is 0 Å². The van der Waals surface area contributed by atoms with Gasteiger partial charge in [-0.3, -0.25) is 0 Å². The smallest absolute Gasteiger partial charge is 0.123 e. The van der Waals surface area contributed by atoms with Gasteiger partial charge in [-0.2, -0.15) is 0 Å². The number of methoxy groups -OCH3 is 1. The van der Waals surface area contributed by atoms with Crippen molar-refractivity contribution in [1.82, 2.24) is 10.2 Å². The molecule has 0 saturated carbocycles. The van der Waals surface area contributed by atoms with Crippen LogP contribution in [0.25, 0.3) is 0 Å². The number of ether oxygens (including phenoxy) is 2. The van der Waals surface area contributed by atoms with Crippen LogP contribution in [-0.2, 0) is 11.2 Å². The van der Waals surface area contributed by atoms with Gasteiger partial charge in [-0.05, 0) is 25.6 Å². The van der Waals surface area contributed by atoms with E-state index in [4.69, 9.17) is 9.47 Å². The van der Waals surface area contributed by atoms with Crippen molar-refractivity contribution in [2.75, 3.05) is 46.9 Å². The van der Waals surface area contributed by atoms with E-state index >= 15 is 0 Å². The molecule has 4 heteroatoms. The monoisotopic (exact) mass is 278 g/mol. The molecule has 0 saturated heterocycles. The van der Waals surface area contributed by atoms with Gasteiger partial charge in [-0.15, -0.1) is 0 Å². The van der Waals surface area contributed by atoms with E-state index in [0.717, 1.165) is 45.0 Å². The van der Waals surface area contributed by atoms with Gasteiger partial charge < -0.3 is 19.7 Å². The molecule has 1 aromatic carbocycles. The molecule has 20 heavy (non-hydrogen) atoms. The maximum Gasteiger partial charge on any atom is 0.123 e. The van der Waals surface area contributed by atoms with E-state index < -0.39 is 0 Å². The molecule has 1 aliphatic rings. The number of rotatable bonds is 8. The van der Waals surface area contributed by atoms with Gasteiger partial charge in [0.15, 0.2) is 0 Å². The van der Waals surface area contributed by atoms with Crippen LogP contribution in [0.15, 0.2) is 18.2 Å². The molecule has 2 rings (SSSR count). The summed E-state index contributed by atoms with van der Waals surface area (Å²) in [7, 11) is 3.86. The van der Waals surface area contributed by atoms with E-state index in [-0.39, 0.29) is 6.10 Å². The fourth-order valence-electron chi connectivity index (χ4n) is 2.45. The molecule has 0 aliphatic carbocycles. The maximum atomic E-state index is 5.94. The van der Waals surface area contributed by atoms with Crippen molar-refractivity contribution < 1.29 is 9.47 Å². The zero-order valence-electron chi connectivity index (χ0n) is 12.8. The quantitative estimate of drug-likeness (QED) is 0.730. The first-order chi connectivity index (χ1) is 9.69. The molecule has 0 aromatic heterocycles. The van der Waals surface area contributed by atoms with Crippen LogP contribution < -0.4 is 10.1 Å². The first-order valence-electron chi connectivity index (χ1n) is 7.33. The number of hydrogen-bond donors (Lipinski definition) is 1. The second-order valence-electron chi connectivity index (χ2n) is 5.56. The minimum Gasteiger partial charge on any atom is -0.488 e. The number of nitrogens with one attached hydrogen (secondary N) is 1. The van der Waals surface area contributed by atoms with Gasteiger partial charge in [0, 0.05) is 39.7 Å². The third-order valence-electron chi connectivity index (χ3n) is 3.68. The Morgan fingerprint density at radius 2 is 2.25 bits per heavy atom. The predicted molar refractivity (Wildman–Crippen MR) is 81.5 cm³/mol. The minimum absolute atomic E-state index is 0.274. The molecule has 1 heterocycles. The number of aryl methyl sites for hydroxylation is 1. The van der Waals surface area contributed by atoms with E-state index in [2.05, 4.69) is 42.4 Å². The van der Waals surface area contributed by atoms with Crippen molar-refractivity contribution in [3.63, 3.8) is 0 Å². The Morgan fingerprint density at radius 1 is 1.40 bits per heavy atom. The lowest BCUT2D eigenvalue weighted by Crippen LogP contribution is -2.36. The Kier molecular flexibility index (Phi) is 5.83. The molecule has 1 N–H and O–H groups in total. The summed E-state index contributed by atoms with van der Waals surface area (Å²) < 4.78 is 11.0. The SMILES string of the molecule is COCCN(C)CCNCC1Cc2cc(C)ccc2O1. The van der Waals surface area contributed by atoms with E-state index in [1.165, 1.54) is 11.1 Å². The van der Waals surface area contributed by atoms with Crippen molar-refractivity contribution in [3.8, 4) is 5.75 Å². The Labute approximate surface area is 122 Å². The van der Waals surface area contributed by atoms with E-state index in [1.807, 2.05) is 0 Å². The first kappa shape index (κ1) is 15.3. The van der Waals surface area contributed by atoms with Crippen LogP contribution in [0, 0.1) is 6.92 Å². The third kappa shape index (κ3) is 4.47. The second-order valence-corrected chi connectivity index (χ2v) is 5.56. The van der Waals surface area contributed by atoms with Crippen molar-refractivity contribution in [2.24, 2.45) is 0 Å². The fourth-order valence-corrected chi connectivity index (χ4v) is 2.45. The van der Waals surface area contributed by atoms with Crippen LogP contribution in [0.5, 0.6) is 5.75 Å². The normalized spacial score (nSPS) is 17.3. The fraction of sp³-hybridized carbons (Fsp3) is 0.625. The molecule has 0 amide bonds. The molecule has 1 atom stereocenters. The Balaban J connectivity index is 1.62. The molecule has 1 aliphatic heterocycles. The summed E-state index contributed by atoms with van der Waals surface area (Å²) in [4.78, 5) is 2.27. The molecule has 0 radical (unpaired) electrons. The van der Waals surface area contributed by atoms with E-state index in [1.54, 1.807) is 7.11 Å².